The van der Waals surface area contributed by atoms with Crippen molar-refractivity contribution < 1.29 is 23.5 Å². The van der Waals surface area contributed by atoms with Gasteiger partial charge >= 0.3 is 5.97 Å². The molecule has 4 nitrogen and oxygen atoms in total. The van der Waals surface area contributed by atoms with E-state index in [9.17, 15) is 14.0 Å². The first kappa shape index (κ1) is 19.2. The van der Waals surface area contributed by atoms with Gasteiger partial charge in [0, 0.05) is 28.3 Å². The summed E-state index contributed by atoms with van der Waals surface area (Å²) in [7, 11) is 1.48. The molecule has 0 saturated heterocycles. The molecule has 0 N–H and O–H groups in total. The van der Waals surface area contributed by atoms with E-state index >= 15 is 0 Å². The van der Waals surface area contributed by atoms with Crippen LogP contribution < -0.4 is 0 Å². The molecule has 0 amide bonds. The van der Waals surface area contributed by atoms with Crippen molar-refractivity contribution in [3.63, 3.8) is 0 Å². The molecule has 0 radical (unpaired) electrons. The molecular formula is C21H19FO4S. The number of Topliss-reactive ketones (excluding diaryl/α,β-unsaturated/α-hetero) is 1. The minimum absolute atomic E-state index is 0.0751. The average molecular weight is 386 g/mol. The van der Waals surface area contributed by atoms with Gasteiger partial charge in [0.05, 0.1) is 6.61 Å². The van der Waals surface area contributed by atoms with Gasteiger partial charge in [-0.15, -0.1) is 11.3 Å². The van der Waals surface area contributed by atoms with Crippen molar-refractivity contribution >= 4 is 33.2 Å². The Morgan fingerprint density at radius 1 is 1.15 bits per heavy atom. The van der Waals surface area contributed by atoms with Gasteiger partial charge in [0.25, 0.3) is 0 Å². The number of benzene rings is 2. The van der Waals surface area contributed by atoms with Gasteiger partial charge in [-0.25, -0.2) is 9.18 Å². The van der Waals surface area contributed by atoms with Crippen LogP contribution in [0, 0.1) is 12.7 Å². The van der Waals surface area contributed by atoms with Crippen LogP contribution in [0.2, 0.25) is 0 Å². The molecule has 0 bridgehead atoms. The molecule has 3 aromatic rings. The summed E-state index contributed by atoms with van der Waals surface area (Å²) in [6, 6.07) is 11.7. The van der Waals surface area contributed by atoms with E-state index < -0.39 is 17.9 Å². The zero-order valence-electron chi connectivity index (χ0n) is 15.2. The van der Waals surface area contributed by atoms with E-state index in [-0.39, 0.29) is 17.3 Å². The average Bonchev–Trinajstić information content (AvgIpc) is 3.02. The van der Waals surface area contributed by atoms with E-state index in [1.165, 1.54) is 20.1 Å². The maximum absolute atomic E-state index is 14.2. The number of ketones is 1. The van der Waals surface area contributed by atoms with E-state index in [0.29, 0.717) is 21.2 Å². The van der Waals surface area contributed by atoms with Crippen molar-refractivity contribution in [3.05, 3.63) is 69.8 Å². The van der Waals surface area contributed by atoms with Gasteiger partial charge in [-0.2, -0.15) is 0 Å². The Kier molecular flexibility index (Phi) is 5.68. The fourth-order valence-electron chi connectivity index (χ4n) is 2.83. The Morgan fingerprint density at radius 3 is 2.52 bits per heavy atom. The van der Waals surface area contributed by atoms with Crippen LogP contribution >= 0.6 is 11.3 Å². The van der Waals surface area contributed by atoms with Crippen molar-refractivity contribution in [2.24, 2.45) is 0 Å². The van der Waals surface area contributed by atoms with E-state index in [1.54, 1.807) is 24.3 Å². The molecule has 0 fully saturated rings. The predicted octanol–water partition coefficient (Wildman–Crippen LogP) is 4.92. The van der Waals surface area contributed by atoms with E-state index in [0.717, 1.165) is 16.9 Å². The van der Waals surface area contributed by atoms with E-state index in [1.807, 2.05) is 19.1 Å². The molecule has 1 aromatic heterocycles. The number of halogens is 1. The number of hydrogen-bond donors (Lipinski definition) is 0. The molecule has 1 atom stereocenters. The van der Waals surface area contributed by atoms with Crippen molar-refractivity contribution in [2.45, 2.75) is 26.6 Å². The van der Waals surface area contributed by atoms with Crippen LogP contribution in [-0.2, 0) is 16.1 Å². The molecule has 0 saturated carbocycles. The summed E-state index contributed by atoms with van der Waals surface area (Å²) in [5, 5.41) is 0.355. The topological polar surface area (TPSA) is 52.6 Å². The molecule has 1 heterocycles. The summed E-state index contributed by atoms with van der Waals surface area (Å²) in [5.74, 6) is -1.36. The zero-order valence-corrected chi connectivity index (χ0v) is 16.1. The Labute approximate surface area is 160 Å². The Bertz CT molecular complexity index is 991. The van der Waals surface area contributed by atoms with Gasteiger partial charge in [0.15, 0.2) is 6.10 Å². The first-order valence-electron chi connectivity index (χ1n) is 8.43. The van der Waals surface area contributed by atoms with Crippen molar-refractivity contribution in [2.75, 3.05) is 7.11 Å². The lowest BCUT2D eigenvalue weighted by atomic mass is 10.1. The second kappa shape index (κ2) is 7.98. The van der Waals surface area contributed by atoms with E-state index in [4.69, 9.17) is 9.47 Å². The summed E-state index contributed by atoms with van der Waals surface area (Å²) < 4.78 is 25.4. The molecular weight excluding hydrogens is 367 g/mol. The number of carbonyl (C=O) groups is 2. The fourth-order valence-corrected chi connectivity index (χ4v) is 3.94. The third-order valence-electron chi connectivity index (χ3n) is 4.23. The van der Waals surface area contributed by atoms with E-state index in [2.05, 4.69) is 0 Å². The highest BCUT2D eigenvalue weighted by Crippen LogP contribution is 2.34. The first-order chi connectivity index (χ1) is 12.9. The standard InChI is InChI=1S/C21H19FO4S/c1-12-7-9-14(10-8-12)19(23)13(2)26-21(24)20-15(11-25-3)18-16(22)5-4-6-17(18)27-20/h4-10,13H,11H2,1-3H3/t13-/m1/s1. The minimum Gasteiger partial charge on any atom is -0.450 e. The third-order valence-corrected chi connectivity index (χ3v) is 5.40. The maximum Gasteiger partial charge on any atom is 0.349 e. The number of esters is 1. The van der Waals surface area contributed by atoms with Crippen molar-refractivity contribution in [1.29, 1.82) is 0 Å². The molecule has 0 aliphatic carbocycles. The number of fused-ring (bicyclic) bond motifs is 1. The third kappa shape index (κ3) is 3.91. The fraction of sp³-hybridized carbons (Fsp3) is 0.238. The summed E-state index contributed by atoms with van der Waals surface area (Å²) in [4.78, 5) is 25.4. The zero-order chi connectivity index (χ0) is 19.6. The van der Waals surface area contributed by atoms with Crippen LogP contribution in [0.5, 0.6) is 0 Å². The van der Waals surface area contributed by atoms with Gasteiger partial charge in [-0.05, 0) is 26.0 Å². The van der Waals surface area contributed by atoms with Crippen LogP contribution in [0.15, 0.2) is 42.5 Å². The predicted molar refractivity (Wildman–Crippen MR) is 103 cm³/mol. The van der Waals surface area contributed by atoms with Gasteiger partial charge in [-0.3, -0.25) is 4.79 Å². The maximum atomic E-state index is 14.2. The number of ether oxygens (including phenoxy) is 2. The van der Waals surface area contributed by atoms with Gasteiger partial charge in [0.1, 0.15) is 10.7 Å². The van der Waals surface area contributed by atoms with Crippen molar-refractivity contribution in [3.8, 4) is 0 Å². The highest BCUT2D eigenvalue weighted by atomic mass is 32.1. The van der Waals surface area contributed by atoms with Crippen molar-refractivity contribution in [1.82, 2.24) is 0 Å². The number of thiophene rings is 1. The summed E-state index contributed by atoms with van der Waals surface area (Å²) in [6.45, 7) is 3.53. The van der Waals surface area contributed by atoms with Crippen LogP contribution in [0.3, 0.4) is 0 Å². The quantitative estimate of drug-likeness (QED) is 0.446. The van der Waals surface area contributed by atoms with Gasteiger partial charge in [-0.1, -0.05) is 35.9 Å². The smallest absolute Gasteiger partial charge is 0.349 e. The Balaban J connectivity index is 1.87. The van der Waals surface area contributed by atoms with Crippen LogP contribution in [-0.4, -0.2) is 25.0 Å². The lowest BCUT2D eigenvalue weighted by Crippen LogP contribution is -2.24. The Morgan fingerprint density at radius 2 is 1.85 bits per heavy atom. The second-order valence-electron chi connectivity index (χ2n) is 6.23. The van der Waals surface area contributed by atoms with Crippen LogP contribution in [0.1, 0.15) is 38.1 Å². The van der Waals surface area contributed by atoms with Gasteiger partial charge < -0.3 is 9.47 Å². The molecule has 27 heavy (non-hydrogen) atoms. The lowest BCUT2D eigenvalue weighted by molar-refractivity contribution is 0.0320. The molecule has 0 aliphatic rings. The number of hydrogen-bond acceptors (Lipinski definition) is 5. The summed E-state index contributed by atoms with van der Waals surface area (Å²) in [5.41, 5.74) is 1.95. The summed E-state index contributed by atoms with van der Waals surface area (Å²) >= 11 is 1.13. The Hall–Kier alpha value is -2.57. The van der Waals surface area contributed by atoms with Crippen LogP contribution in [0.25, 0.3) is 10.1 Å². The largest absolute Gasteiger partial charge is 0.450 e. The molecule has 2 aromatic carbocycles. The monoisotopic (exact) mass is 386 g/mol. The number of methoxy groups -OCH3 is 1. The normalized spacial score (nSPS) is 12.1. The molecule has 0 unspecified atom stereocenters. The molecule has 0 aliphatic heterocycles. The second-order valence-corrected chi connectivity index (χ2v) is 7.29. The molecule has 0 spiro atoms. The molecule has 6 heteroatoms. The first-order valence-corrected chi connectivity index (χ1v) is 9.24. The number of rotatable bonds is 6. The number of aryl methyl sites for hydroxylation is 1. The highest BCUT2D eigenvalue weighted by Gasteiger charge is 2.25. The highest BCUT2D eigenvalue weighted by molar-refractivity contribution is 7.21. The molecule has 3 rings (SSSR count). The lowest BCUT2D eigenvalue weighted by Gasteiger charge is -2.12. The van der Waals surface area contributed by atoms with Crippen LogP contribution in [0.4, 0.5) is 4.39 Å². The van der Waals surface area contributed by atoms with Gasteiger partial charge in [0.2, 0.25) is 5.78 Å². The SMILES string of the molecule is COCc1c(C(=O)O[C@H](C)C(=O)c2ccc(C)cc2)sc2cccc(F)c12. The summed E-state index contributed by atoms with van der Waals surface area (Å²) in [6.07, 6.45) is -0.953. The molecule has 140 valence electrons. The minimum atomic E-state index is -0.953. The number of carbonyl (C=O) groups excluding carboxylic acids is 2.